The molecular weight excluding hydrogens is 319 g/mol. The van der Waals surface area contributed by atoms with Gasteiger partial charge in [-0.25, -0.2) is 0 Å². The Labute approximate surface area is 142 Å². The largest absolute Gasteiger partial charge is 0.342 e. The summed E-state index contributed by atoms with van der Waals surface area (Å²) in [6, 6.07) is 6.11. The van der Waals surface area contributed by atoms with Crippen molar-refractivity contribution in [2.24, 2.45) is 5.92 Å². The Morgan fingerprint density at radius 2 is 1.95 bits per heavy atom. The molecule has 1 amide bonds. The molecule has 1 saturated carbocycles. The van der Waals surface area contributed by atoms with Gasteiger partial charge in [0.25, 0.3) is 0 Å². The summed E-state index contributed by atoms with van der Waals surface area (Å²) in [6.07, 6.45) is 5.19. The molecule has 5 heteroatoms. The highest BCUT2D eigenvalue weighted by Crippen LogP contribution is 2.30. The first-order valence-corrected chi connectivity index (χ1v) is 8.82. The summed E-state index contributed by atoms with van der Waals surface area (Å²) in [5.74, 6) is 1.09. The maximum Gasteiger partial charge on any atom is 0.222 e. The van der Waals surface area contributed by atoms with Crippen LogP contribution in [0, 0.1) is 5.92 Å². The summed E-state index contributed by atoms with van der Waals surface area (Å²) in [5.41, 5.74) is 1.12. The van der Waals surface area contributed by atoms with Crippen molar-refractivity contribution in [3.8, 4) is 0 Å². The van der Waals surface area contributed by atoms with Crippen LogP contribution in [0.15, 0.2) is 18.2 Å². The average Bonchev–Trinajstić information content (AvgIpc) is 3.32. The van der Waals surface area contributed by atoms with Crippen molar-refractivity contribution >= 4 is 29.1 Å². The van der Waals surface area contributed by atoms with Crippen LogP contribution in [0.25, 0.3) is 0 Å². The van der Waals surface area contributed by atoms with Crippen LogP contribution in [0.2, 0.25) is 10.0 Å². The first-order chi connectivity index (χ1) is 10.6. The fourth-order valence-electron chi connectivity index (χ4n) is 2.96. The maximum atomic E-state index is 12.1. The van der Waals surface area contributed by atoms with Gasteiger partial charge in [0.15, 0.2) is 0 Å². The van der Waals surface area contributed by atoms with Crippen molar-refractivity contribution < 1.29 is 4.79 Å². The van der Waals surface area contributed by atoms with Crippen molar-refractivity contribution in [1.82, 2.24) is 10.2 Å². The van der Waals surface area contributed by atoms with Gasteiger partial charge in [-0.2, -0.15) is 0 Å². The number of hydrogen-bond donors (Lipinski definition) is 1. The van der Waals surface area contributed by atoms with Crippen LogP contribution >= 0.6 is 23.2 Å². The molecule has 1 saturated heterocycles. The molecule has 1 aliphatic carbocycles. The van der Waals surface area contributed by atoms with E-state index in [4.69, 9.17) is 23.2 Å². The van der Waals surface area contributed by atoms with E-state index < -0.39 is 0 Å². The number of nitrogens with one attached hydrogen (secondary N) is 1. The summed E-state index contributed by atoms with van der Waals surface area (Å²) in [6.45, 7) is 2.62. The van der Waals surface area contributed by atoms with Gasteiger partial charge in [0.2, 0.25) is 5.91 Å². The predicted molar refractivity (Wildman–Crippen MR) is 90.2 cm³/mol. The summed E-state index contributed by atoms with van der Waals surface area (Å²) in [7, 11) is 0. The topological polar surface area (TPSA) is 32.3 Å². The second-order valence-corrected chi connectivity index (χ2v) is 7.25. The minimum Gasteiger partial charge on any atom is -0.342 e. The highest BCUT2D eigenvalue weighted by molar-refractivity contribution is 6.42. The van der Waals surface area contributed by atoms with Crippen LogP contribution in [0.3, 0.4) is 0 Å². The van der Waals surface area contributed by atoms with Crippen LogP contribution in [0.1, 0.15) is 37.7 Å². The Morgan fingerprint density at radius 1 is 1.14 bits per heavy atom. The second kappa shape index (κ2) is 7.20. The monoisotopic (exact) mass is 340 g/mol. The van der Waals surface area contributed by atoms with Gasteiger partial charge in [0.05, 0.1) is 10.0 Å². The lowest BCUT2D eigenvalue weighted by Gasteiger charge is -2.21. The van der Waals surface area contributed by atoms with Crippen molar-refractivity contribution in [3.63, 3.8) is 0 Å². The number of likely N-dealkylation sites (tertiary alicyclic amines) is 1. The van der Waals surface area contributed by atoms with E-state index in [0.717, 1.165) is 44.0 Å². The standard InChI is InChI=1S/C17H22Cl2N2O/c18-15-5-3-13(9-16(15)19)10-20-14-4-6-17(22)21(8-7-14)11-12-1-2-12/h3,5,9,12,14,20H,1-2,4,6-8,10-11H2. The van der Waals surface area contributed by atoms with Crippen LogP contribution < -0.4 is 5.32 Å². The third kappa shape index (κ3) is 4.37. The van der Waals surface area contributed by atoms with Gasteiger partial charge in [-0.3, -0.25) is 4.79 Å². The Hall–Kier alpha value is -0.770. The SMILES string of the molecule is O=C1CCC(NCc2ccc(Cl)c(Cl)c2)CCN1CC1CC1. The molecule has 1 unspecified atom stereocenters. The molecule has 120 valence electrons. The van der Waals surface area contributed by atoms with E-state index in [9.17, 15) is 4.79 Å². The van der Waals surface area contributed by atoms with Crippen molar-refractivity contribution in [2.75, 3.05) is 13.1 Å². The third-order valence-electron chi connectivity index (χ3n) is 4.56. The molecule has 3 rings (SSSR count). The zero-order chi connectivity index (χ0) is 15.5. The first-order valence-electron chi connectivity index (χ1n) is 8.07. The van der Waals surface area contributed by atoms with Gasteiger partial charge < -0.3 is 10.2 Å². The summed E-state index contributed by atoms with van der Waals surface area (Å²) in [5, 5.41) is 4.73. The number of hydrogen-bond acceptors (Lipinski definition) is 2. The van der Waals surface area contributed by atoms with E-state index in [1.807, 2.05) is 18.2 Å². The Kier molecular flexibility index (Phi) is 5.27. The van der Waals surface area contributed by atoms with E-state index in [1.165, 1.54) is 12.8 Å². The molecule has 1 N–H and O–H groups in total. The minimum atomic E-state index is 0.325. The molecular formula is C17H22Cl2N2O. The Balaban J connectivity index is 1.50. The minimum absolute atomic E-state index is 0.325. The zero-order valence-electron chi connectivity index (χ0n) is 12.7. The lowest BCUT2D eigenvalue weighted by molar-refractivity contribution is -0.130. The van der Waals surface area contributed by atoms with E-state index in [2.05, 4.69) is 10.2 Å². The molecule has 1 heterocycles. The smallest absolute Gasteiger partial charge is 0.222 e. The van der Waals surface area contributed by atoms with Gasteiger partial charge in [-0.05, 0) is 49.3 Å². The number of nitrogens with zero attached hydrogens (tertiary/aromatic N) is 1. The maximum absolute atomic E-state index is 12.1. The fourth-order valence-corrected chi connectivity index (χ4v) is 3.28. The van der Waals surface area contributed by atoms with Crippen LogP contribution in [0.5, 0.6) is 0 Å². The van der Waals surface area contributed by atoms with Crippen LogP contribution in [-0.2, 0) is 11.3 Å². The molecule has 0 aromatic heterocycles. The quantitative estimate of drug-likeness (QED) is 0.882. The van der Waals surface area contributed by atoms with Gasteiger partial charge >= 0.3 is 0 Å². The van der Waals surface area contributed by atoms with E-state index in [-0.39, 0.29) is 0 Å². The second-order valence-electron chi connectivity index (χ2n) is 6.44. The average molecular weight is 341 g/mol. The van der Waals surface area contributed by atoms with Crippen LogP contribution in [0.4, 0.5) is 0 Å². The highest BCUT2D eigenvalue weighted by Gasteiger charge is 2.28. The van der Waals surface area contributed by atoms with Gasteiger partial charge in [0.1, 0.15) is 0 Å². The number of halogens is 2. The highest BCUT2D eigenvalue weighted by atomic mass is 35.5. The molecule has 0 spiro atoms. The first kappa shape index (κ1) is 16.1. The number of amides is 1. The number of carbonyl (C=O) groups is 1. The van der Waals surface area contributed by atoms with Crippen LogP contribution in [-0.4, -0.2) is 29.9 Å². The van der Waals surface area contributed by atoms with E-state index in [1.54, 1.807) is 0 Å². The Morgan fingerprint density at radius 3 is 2.68 bits per heavy atom. The molecule has 1 aromatic rings. The normalized spacial score (nSPS) is 22.7. The molecule has 2 fully saturated rings. The van der Waals surface area contributed by atoms with Crippen molar-refractivity contribution in [3.05, 3.63) is 33.8 Å². The third-order valence-corrected chi connectivity index (χ3v) is 5.30. The summed E-state index contributed by atoms with van der Waals surface area (Å²) < 4.78 is 0. The van der Waals surface area contributed by atoms with Gasteiger partial charge in [0, 0.05) is 32.1 Å². The predicted octanol–water partition coefficient (Wildman–Crippen LogP) is 3.87. The molecule has 0 bridgehead atoms. The molecule has 1 atom stereocenters. The molecule has 1 aromatic carbocycles. The Bertz CT molecular complexity index is 545. The van der Waals surface area contributed by atoms with E-state index >= 15 is 0 Å². The van der Waals surface area contributed by atoms with E-state index in [0.29, 0.717) is 28.4 Å². The molecule has 1 aliphatic heterocycles. The van der Waals surface area contributed by atoms with Gasteiger partial charge in [-0.15, -0.1) is 0 Å². The molecule has 3 nitrogen and oxygen atoms in total. The molecule has 2 aliphatic rings. The van der Waals surface area contributed by atoms with Crippen molar-refractivity contribution in [2.45, 2.75) is 44.7 Å². The summed E-state index contributed by atoms with van der Waals surface area (Å²) in [4.78, 5) is 14.2. The molecule has 22 heavy (non-hydrogen) atoms. The number of benzene rings is 1. The fraction of sp³-hybridized carbons (Fsp3) is 0.588. The zero-order valence-corrected chi connectivity index (χ0v) is 14.2. The summed E-state index contributed by atoms with van der Waals surface area (Å²) >= 11 is 12.0. The lowest BCUT2D eigenvalue weighted by atomic mass is 10.1. The lowest BCUT2D eigenvalue weighted by Crippen LogP contribution is -2.33. The van der Waals surface area contributed by atoms with Gasteiger partial charge in [-0.1, -0.05) is 29.3 Å². The number of rotatable bonds is 5. The molecule has 0 radical (unpaired) electrons. The number of carbonyl (C=O) groups excluding carboxylic acids is 1. The van der Waals surface area contributed by atoms with Crippen molar-refractivity contribution in [1.29, 1.82) is 0 Å².